The van der Waals surface area contributed by atoms with E-state index in [4.69, 9.17) is 4.74 Å². The molecule has 0 radical (unpaired) electrons. The molecule has 1 saturated carbocycles. The van der Waals surface area contributed by atoms with Gasteiger partial charge in [0.05, 0.1) is 12.7 Å². The minimum absolute atomic E-state index is 0.333. The van der Waals surface area contributed by atoms with Crippen molar-refractivity contribution in [2.24, 2.45) is 0 Å². The first kappa shape index (κ1) is 10.3. The lowest BCUT2D eigenvalue weighted by molar-refractivity contribution is 0.0600. The van der Waals surface area contributed by atoms with Gasteiger partial charge in [-0.05, 0) is 25.0 Å². The number of carbonyl (C=O) groups excluding carboxylic acids is 1. The first-order valence-electron chi connectivity index (χ1n) is 5.72. The SMILES string of the molecule is COC(=O)c1ccc2nnc(C3CCC3)n2c1. The van der Waals surface area contributed by atoms with Crippen molar-refractivity contribution in [3.05, 3.63) is 29.7 Å². The molecule has 1 aliphatic rings. The topological polar surface area (TPSA) is 56.5 Å². The van der Waals surface area contributed by atoms with Gasteiger partial charge >= 0.3 is 5.97 Å². The lowest BCUT2D eigenvalue weighted by atomic mass is 9.85. The average molecular weight is 231 g/mol. The molecule has 0 bridgehead atoms. The summed E-state index contributed by atoms with van der Waals surface area (Å²) in [5.74, 6) is 1.11. The highest BCUT2D eigenvalue weighted by Crippen LogP contribution is 2.35. The van der Waals surface area contributed by atoms with Crippen molar-refractivity contribution in [3.8, 4) is 0 Å². The highest BCUT2D eigenvalue weighted by molar-refractivity contribution is 5.89. The van der Waals surface area contributed by atoms with Gasteiger partial charge in [-0.2, -0.15) is 0 Å². The van der Waals surface area contributed by atoms with E-state index >= 15 is 0 Å². The molecule has 17 heavy (non-hydrogen) atoms. The van der Waals surface area contributed by atoms with Crippen LogP contribution >= 0.6 is 0 Å². The van der Waals surface area contributed by atoms with Crippen LogP contribution in [0.25, 0.3) is 5.65 Å². The minimum atomic E-state index is -0.333. The first-order chi connectivity index (χ1) is 8.29. The van der Waals surface area contributed by atoms with Crippen molar-refractivity contribution in [1.29, 1.82) is 0 Å². The number of carbonyl (C=O) groups is 1. The monoisotopic (exact) mass is 231 g/mol. The summed E-state index contributed by atoms with van der Waals surface area (Å²) in [6, 6.07) is 3.50. The Morgan fingerprint density at radius 3 is 2.88 bits per heavy atom. The van der Waals surface area contributed by atoms with Crippen molar-refractivity contribution in [2.45, 2.75) is 25.2 Å². The molecule has 0 amide bonds. The molecular weight excluding hydrogens is 218 g/mol. The zero-order valence-electron chi connectivity index (χ0n) is 9.59. The van der Waals surface area contributed by atoms with Crippen LogP contribution in [0, 0.1) is 0 Å². The zero-order valence-corrected chi connectivity index (χ0v) is 9.59. The summed E-state index contributed by atoms with van der Waals surface area (Å²) in [6.45, 7) is 0. The van der Waals surface area contributed by atoms with E-state index in [1.165, 1.54) is 13.5 Å². The number of pyridine rings is 1. The van der Waals surface area contributed by atoms with Gasteiger partial charge in [0.1, 0.15) is 5.82 Å². The quantitative estimate of drug-likeness (QED) is 0.739. The molecule has 5 nitrogen and oxygen atoms in total. The molecule has 0 atom stereocenters. The second-order valence-corrected chi connectivity index (χ2v) is 4.32. The van der Waals surface area contributed by atoms with Gasteiger partial charge in [0.15, 0.2) is 5.65 Å². The van der Waals surface area contributed by atoms with Gasteiger partial charge in [0, 0.05) is 12.1 Å². The van der Waals surface area contributed by atoms with Crippen molar-refractivity contribution in [2.75, 3.05) is 7.11 Å². The van der Waals surface area contributed by atoms with E-state index in [9.17, 15) is 4.79 Å². The third kappa shape index (κ3) is 1.58. The van der Waals surface area contributed by atoms with Crippen LogP contribution in [0.3, 0.4) is 0 Å². The predicted octanol–water partition coefficient (Wildman–Crippen LogP) is 1.78. The highest BCUT2D eigenvalue weighted by atomic mass is 16.5. The standard InChI is InChI=1S/C12H13N3O2/c1-17-12(16)9-5-6-10-13-14-11(15(10)7-9)8-3-2-4-8/h5-8H,2-4H2,1H3. The first-order valence-corrected chi connectivity index (χ1v) is 5.72. The molecule has 5 heteroatoms. The number of aromatic nitrogens is 3. The predicted molar refractivity (Wildman–Crippen MR) is 60.9 cm³/mol. The Morgan fingerprint density at radius 1 is 1.41 bits per heavy atom. The lowest BCUT2D eigenvalue weighted by Gasteiger charge is -2.23. The van der Waals surface area contributed by atoms with E-state index in [0.717, 1.165) is 24.3 Å². The maximum Gasteiger partial charge on any atom is 0.339 e. The maximum absolute atomic E-state index is 11.5. The van der Waals surface area contributed by atoms with E-state index in [1.807, 2.05) is 4.40 Å². The molecule has 0 aliphatic heterocycles. The van der Waals surface area contributed by atoms with Gasteiger partial charge in [-0.15, -0.1) is 10.2 Å². The summed E-state index contributed by atoms with van der Waals surface area (Å²) in [5, 5.41) is 8.31. The Kier molecular flexibility index (Phi) is 2.31. The Balaban J connectivity index is 2.09. The zero-order chi connectivity index (χ0) is 11.8. The molecule has 3 rings (SSSR count). The second-order valence-electron chi connectivity index (χ2n) is 4.32. The number of rotatable bonds is 2. The molecule has 0 N–H and O–H groups in total. The third-order valence-electron chi connectivity index (χ3n) is 3.32. The van der Waals surface area contributed by atoms with Gasteiger partial charge in [0.2, 0.25) is 0 Å². The number of esters is 1. The fraction of sp³-hybridized carbons (Fsp3) is 0.417. The van der Waals surface area contributed by atoms with Crippen LogP contribution in [-0.4, -0.2) is 27.7 Å². The number of hydrogen-bond donors (Lipinski definition) is 0. The molecule has 0 aromatic carbocycles. The van der Waals surface area contributed by atoms with Gasteiger partial charge in [-0.25, -0.2) is 4.79 Å². The van der Waals surface area contributed by atoms with Crippen LogP contribution in [0.1, 0.15) is 41.4 Å². The summed E-state index contributed by atoms with van der Waals surface area (Å²) < 4.78 is 6.61. The van der Waals surface area contributed by atoms with Crippen molar-refractivity contribution >= 4 is 11.6 Å². The van der Waals surface area contributed by atoms with Crippen LogP contribution in [0.5, 0.6) is 0 Å². The fourth-order valence-corrected chi connectivity index (χ4v) is 2.09. The molecule has 2 aromatic heterocycles. The summed E-state index contributed by atoms with van der Waals surface area (Å²) in [5.41, 5.74) is 1.31. The maximum atomic E-state index is 11.5. The van der Waals surface area contributed by atoms with E-state index < -0.39 is 0 Å². The average Bonchev–Trinajstić information content (AvgIpc) is 2.69. The van der Waals surface area contributed by atoms with Crippen molar-refractivity contribution < 1.29 is 9.53 Å². The fourth-order valence-electron chi connectivity index (χ4n) is 2.09. The lowest BCUT2D eigenvalue weighted by Crippen LogP contribution is -2.13. The minimum Gasteiger partial charge on any atom is -0.465 e. The number of fused-ring (bicyclic) bond motifs is 1. The summed E-state index contributed by atoms with van der Waals surface area (Å²) >= 11 is 0. The Labute approximate surface area is 98.4 Å². The van der Waals surface area contributed by atoms with E-state index in [0.29, 0.717) is 11.5 Å². The molecule has 0 unspecified atom stereocenters. The molecule has 0 spiro atoms. The van der Waals surface area contributed by atoms with E-state index in [2.05, 4.69) is 10.2 Å². The Morgan fingerprint density at radius 2 is 2.24 bits per heavy atom. The molecule has 1 aliphatic carbocycles. The van der Waals surface area contributed by atoms with Gasteiger partial charge < -0.3 is 4.74 Å². The van der Waals surface area contributed by atoms with E-state index in [-0.39, 0.29) is 5.97 Å². The molecule has 1 fully saturated rings. The van der Waals surface area contributed by atoms with Crippen molar-refractivity contribution in [3.63, 3.8) is 0 Å². The van der Waals surface area contributed by atoms with Crippen LogP contribution < -0.4 is 0 Å². The van der Waals surface area contributed by atoms with E-state index in [1.54, 1.807) is 18.3 Å². The molecule has 0 saturated heterocycles. The molecular formula is C12H13N3O2. The van der Waals surface area contributed by atoms with Gasteiger partial charge in [-0.1, -0.05) is 6.42 Å². The normalized spacial score (nSPS) is 15.8. The summed E-state index contributed by atoms with van der Waals surface area (Å²) in [4.78, 5) is 11.5. The van der Waals surface area contributed by atoms with Gasteiger partial charge in [0.25, 0.3) is 0 Å². The molecule has 2 heterocycles. The smallest absolute Gasteiger partial charge is 0.339 e. The van der Waals surface area contributed by atoms with Crippen LogP contribution in [0.2, 0.25) is 0 Å². The Hall–Kier alpha value is -1.91. The Bertz CT molecular complexity index is 572. The number of nitrogens with zero attached hydrogens (tertiary/aromatic N) is 3. The summed E-state index contributed by atoms with van der Waals surface area (Å²) in [7, 11) is 1.38. The van der Waals surface area contributed by atoms with Gasteiger partial charge in [-0.3, -0.25) is 4.40 Å². The van der Waals surface area contributed by atoms with Crippen molar-refractivity contribution in [1.82, 2.24) is 14.6 Å². The number of hydrogen-bond acceptors (Lipinski definition) is 4. The third-order valence-corrected chi connectivity index (χ3v) is 3.32. The number of ether oxygens (including phenoxy) is 1. The highest BCUT2D eigenvalue weighted by Gasteiger charge is 2.24. The second kappa shape index (κ2) is 3.84. The largest absolute Gasteiger partial charge is 0.465 e. The van der Waals surface area contributed by atoms with Crippen LogP contribution in [0.4, 0.5) is 0 Å². The summed E-state index contributed by atoms with van der Waals surface area (Å²) in [6.07, 6.45) is 5.32. The van der Waals surface area contributed by atoms with Crippen LogP contribution in [0.15, 0.2) is 18.3 Å². The molecule has 2 aromatic rings. The molecule has 88 valence electrons. The number of methoxy groups -OCH3 is 1. The van der Waals surface area contributed by atoms with Crippen LogP contribution in [-0.2, 0) is 4.74 Å².